The molecule has 1 N–H and O–H groups in total. The smallest absolute Gasteiger partial charge is 0.228 e. The van der Waals surface area contributed by atoms with Crippen molar-refractivity contribution in [3.63, 3.8) is 0 Å². The van der Waals surface area contributed by atoms with Crippen LogP contribution in [0.2, 0.25) is 5.02 Å². The van der Waals surface area contributed by atoms with Crippen molar-refractivity contribution in [2.75, 3.05) is 33.2 Å². The van der Waals surface area contributed by atoms with Gasteiger partial charge in [-0.3, -0.25) is 14.3 Å². The van der Waals surface area contributed by atoms with Crippen molar-refractivity contribution in [1.29, 1.82) is 0 Å². The normalized spacial score (nSPS) is 15.4. The molecule has 3 aromatic rings. The van der Waals surface area contributed by atoms with Gasteiger partial charge in [-0.05, 0) is 19.2 Å². The third kappa shape index (κ3) is 3.33. The van der Waals surface area contributed by atoms with Gasteiger partial charge in [-0.15, -0.1) is 0 Å². The summed E-state index contributed by atoms with van der Waals surface area (Å²) < 4.78 is 1.52. The van der Waals surface area contributed by atoms with Crippen molar-refractivity contribution in [2.24, 2.45) is 0 Å². The van der Waals surface area contributed by atoms with Crippen molar-refractivity contribution in [3.8, 4) is 11.7 Å². The van der Waals surface area contributed by atoms with Crippen LogP contribution in [-0.2, 0) is 11.2 Å². The zero-order valence-electron chi connectivity index (χ0n) is 14.8. The molecule has 0 aromatic carbocycles. The van der Waals surface area contributed by atoms with Crippen LogP contribution in [-0.4, -0.2) is 73.6 Å². The van der Waals surface area contributed by atoms with Crippen LogP contribution in [0.3, 0.4) is 0 Å². The van der Waals surface area contributed by atoms with E-state index in [-0.39, 0.29) is 18.2 Å². The van der Waals surface area contributed by atoms with Crippen LogP contribution in [0, 0.1) is 0 Å². The van der Waals surface area contributed by atoms with E-state index < -0.39 is 0 Å². The molecule has 0 aliphatic carbocycles. The minimum absolute atomic E-state index is 0.0108. The lowest BCUT2D eigenvalue weighted by molar-refractivity contribution is -0.132. The fourth-order valence-corrected chi connectivity index (χ4v) is 3.39. The summed E-state index contributed by atoms with van der Waals surface area (Å²) in [5.74, 6) is 0.357. The van der Waals surface area contributed by atoms with E-state index in [0.29, 0.717) is 40.7 Å². The third-order valence-corrected chi connectivity index (χ3v) is 5.00. The summed E-state index contributed by atoms with van der Waals surface area (Å²) in [4.78, 5) is 29.8. The van der Waals surface area contributed by atoms with Crippen LogP contribution in [0.25, 0.3) is 16.9 Å². The number of likely N-dealkylation sites (N-methyl/N-ethyl adjacent to an activating group) is 1. The van der Waals surface area contributed by atoms with Gasteiger partial charge in [0.05, 0.1) is 17.1 Å². The summed E-state index contributed by atoms with van der Waals surface area (Å²) in [6.45, 7) is 3.06. The molecule has 1 aliphatic rings. The molecule has 9 heteroatoms. The van der Waals surface area contributed by atoms with Gasteiger partial charge in [0.25, 0.3) is 0 Å². The first-order chi connectivity index (χ1) is 13.0. The molecule has 0 unspecified atom stereocenters. The molecule has 1 fully saturated rings. The molecule has 0 bridgehead atoms. The first kappa shape index (κ1) is 17.7. The van der Waals surface area contributed by atoms with Crippen molar-refractivity contribution in [1.82, 2.24) is 29.3 Å². The molecule has 0 atom stereocenters. The van der Waals surface area contributed by atoms with Gasteiger partial charge >= 0.3 is 0 Å². The summed E-state index contributed by atoms with van der Waals surface area (Å²) in [6, 6.07) is 3.37. The summed E-state index contributed by atoms with van der Waals surface area (Å²) in [5, 5.41) is 11.2. The quantitative estimate of drug-likeness (QED) is 0.733. The van der Waals surface area contributed by atoms with E-state index >= 15 is 0 Å². The minimum Gasteiger partial charge on any atom is -0.493 e. The van der Waals surface area contributed by atoms with E-state index in [1.807, 2.05) is 11.9 Å². The van der Waals surface area contributed by atoms with E-state index in [0.717, 1.165) is 13.1 Å². The number of hydrogen-bond acceptors (Lipinski definition) is 6. The monoisotopic (exact) mass is 386 g/mol. The van der Waals surface area contributed by atoms with E-state index in [1.165, 1.54) is 17.0 Å². The predicted molar refractivity (Wildman–Crippen MR) is 101 cm³/mol. The second-order valence-corrected chi connectivity index (χ2v) is 6.99. The number of halogens is 1. The van der Waals surface area contributed by atoms with Crippen molar-refractivity contribution < 1.29 is 9.90 Å². The molecule has 0 radical (unpaired) electrons. The van der Waals surface area contributed by atoms with E-state index in [9.17, 15) is 9.90 Å². The maximum atomic E-state index is 12.9. The molecular formula is C18H19ClN6O2. The molecule has 4 heterocycles. The number of aromatic hydroxyl groups is 1. The van der Waals surface area contributed by atoms with Crippen LogP contribution in [0.5, 0.6) is 5.88 Å². The highest BCUT2D eigenvalue weighted by atomic mass is 35.5. The first-order valence-corrected chi connectivity index (χ1v) is 9.04. The Morgan fingerprint density at radius 2 is 1.81 bits per heavy atom. The second kappa shape index (κ2) is 7.13. The SMILES string of the molecule is CN1CCN(C(=O)Cc2c3nccnc3c(O)n2-c2ccc(Cl)cn2)CC1. The fraction of sp³-hybridized carbons (Fsp3) is 0.333. The molecular weight excluding hydrogens is 368 g/mol. The van der Waals surface area contributed by atoms with Gasteiger partial charge in [-0.1, -0.05) is 11.6 Å². The lowest BCUT2D eigenvalue weighted by atomic mass is 10.2. The van der Waals surface area contributed by atoms with Crippen molar-refractivity contribution in [2.45, 2.75) is 6.42 Å². The standard InChI is InChI=1S/C18H19ClN6O2/c1-23-6-8-24(9-7-23)15(26)10-13-16-17(21-5-4-20-16)18(27)25(13)14-3-2-12(19)11-22-14/h2-5,11,27H,6-10H2,1H3. The molecule has 8 nitrogen and oxygen atoms in total. The summed E-state index contributed by atoms with van der Waals surface area (Å²) in [7, 11) is 2.04. The Balaban J connectivity index is 1.75. The fourth-order valence-electron chi connectivity index (χ4n) is 3.27. The average molecular weight is 387 g/mol. The lowest BCUT2D eigenvalue weighted by Crippen LogP contribution is -2.47. The van der Waals surface area contributed by atoms with Gasteiger partial charge < -0.3 is 14.9 Å². The lowest BCUT2D eigenvalue weighted by Gasteiger charge is -2.32. The van der Waals surface area contributed by atoms with Crippen molar-refractivity contribution in [3.05, 3.63) is 41.4 Å². The molecule has 4 rings (SSSR count). The van der Waals surface area contributed by atoms with E-state index in [1.54, 1.807) is 18.3 Å². The van der Waals surface area contributed by atoms with Crippen LogP contribution in [0.4, 0.5) is 0 Å². The highest BCUT2D eigenvalue weighted by Gasteiger charge is 2.26. The molecule has 1 amide bonds. The summed E-state index contributed by atoms with van der Waals surface area (Å²) >= 11 is 5.93. The van der Waals surface area contributed by atoms with E-state index in [2.05, 4.69) is 19.9 Å². The number of piperazine rings is 1. The minimum atomic E-state index is -0.0888. The molecule has 1 aliphatic heterocycles. The number of aromatic nitrogens is 4. The van der Waals surface area contributed by atoms with Gasteiger partial charge in [-0.2, -0.15) is 0 Å². The number of fused-ring (bicyclic) bond motifs is 1. The van der Waals surface area contributed by atoms with Gasteiger partial charge in [0.2, 0.25) is 11.8 Å². The number of hydrogen-bond donors (Lipinski definition) is 1. The molecule has 1 saturated heterocycles. The maximum Gasteiger partial charge on any atom is 0.228 e. The molecule has 140 valence electrons. The number of pyridine rings is 1. The molecule has 0 spiro atoms. The topological polar surface area (TPSA) is 87.4 Å². The van der Waals surface area contributed by atoms with Gasteiger partial charge in [-0.25, -0.2) is 9.97 Å². The zero-order valence-corrected chi connectivity index (χ0v) is 15.6. The van der Waals surface area contributed by atoms with E-state index in [4.69, 9.17) is 11.6 Å². The van der Waals surface area contributed by atoms with Crippen LogP contribution in [0.15, 0.2) is 30.7 Å². The number of carbonyl (C=O) groups is 1. The first-order valence-electron chi connectivity index (χ1n) is 8.66. The van der Waals surface area contributed by atoms with Crippen LogP contribution in [0.1, 0.15) is 5.69 Å². The molecule has 0 saturated carbocycles. The summed E-state index contributed by atoms with van der Waals surface area (Å²) in [5.41, 5.74) is 1.40. The van der Waals surface area contributed by atoms with Crippen molar-refractivity contribution >= 4 is 28.5 Å². The van der Waals surface area contributed by atoms with Crippen LogP contribution < -0.4 is 0 Å². The Morgan fingerprint density at radius 1 is 1.11 bits per heavy atom. The average Bonchev–Trinajstić information content (AvgIpc) is 2.95. The van der Waals surface area contributed by atoms with Gasteiger partial charge in [0.1, 0.15) is 11.3 Å². The Kier molecular flexibility index (Phi) is 4.67. The Bertz CT molecular complexity index is 979. The maximum absolute atomic E-state index is 12.9. The predicted octanol–water partition coefficient (Wildman–Crippen LogP) is 1.49. The van der Waals surface area contributed by atoms with Crippen LogP contribution >= 0.6 is 11.6 Å². The zero-order chi connectivity index (χ0) is 19.0. The van der Waals surface area contributed by atoms with Gasteiger partial charge in [0.15, 0.2) is 5.52 Å². The Labute approximate surface area is 161 Å². The number of amides is 1. The van der Waals surface area contributed by atoms with Gasteiger partial charge in [0, 0.05) is 44.8 Å². The number of nitrogens with zero attached hydrogens (tertiary/aromatic N) is 6. The Hall–Kier alpha value is -2.71. The largest absolute Gasteiger partial charge is 0.493 e. The number of carbonyl (C=O) groups excluding carboxylic acids is 1. The molecule has 27 heavy (non-hydrogen) atoms. The Morgan fingerprint density at radius 3 is 2.48 bits per heavy atom. The summed E-state index contributed by atoms with van der Waals surface area (Å²) in [6.07, 6.45) is 4.65. The highest BCUT2D eigenvalue weighted by Crippen LogP contribution is 2.32. The second-order valence-electron chi connectivity index (χ2n) is 6.55. The highest BCUT2D eigenvalue weighted by molar-refractivity contribution is 6.30. The number of rotatable bonds is 3. The third-order valence-electron chi connectivity index (χ3n) is 4.78. The molecule has 3 aromatic heterocycles.